The standard InChI is InChI=1S/C21H30N4O2/c26-20(22-17-7-2-1-3-8-17)15-24-10-12-25(13-11-24)21(27)19-14-16-6-4-5-9-18(16)23-19/h1-3,7-8,16,18-19,23H,4-6,9-15H2,(H,22,26). The van der Waals surface area contributed by atoms with Gasteiger partial charge in [0, 0.05) is 37.9 Å². The number of anilines is 1. The Morgan fingerprint density at radius 3 is 2.52 bits per heavy atom. The first kappa shape index (κ1) is 18.4. The second-order valence-corrected chi connectivity index (χ2v) is 8.12. The predicted molar refractivity (Wildman–Crippen MR) is 105 cm³/mol. The summed E-state index contributed by atoms with van der Waals surface area (Å²) in [5.74, 6) is 0.955. The zero-order chi connectivity index (χ0) is 18.6. The minimum atomic E-state index is 0.00233. The average molecular weight is 370 g/mol. The Balaban J connectivity index is 1.22. The van der Waals surface area contributed by atoms with E-state index in [0.29, 0.717) is 31.6 Å². The van der Waals surface area contributed by atoms with Crippen LogP contribution < -0.4 is 10.6 Å². The van der Waals surface area contributed by atoms with Crippen LogP contribution in [0.1, 0.15) is 32.1 Å². The highest BCUT2D eigenvalue weighted by molar-refractivity contribution is 5.92. The molecule has 1 aliphatic carbocycles. The van der Waals surface area contributed by atoms with Crippen LogP contribution in [0.4, 0.5) is 5.69 Å². The maximum atomic E-state index is 12.9. The molecule has 6 heteroatoms. The monoisotopic (exact) mass is 370 g/mol. The Hall–Kier alpha value is -1.92. The number of hydrogen-bond acceptors (Lipinski definition) is 4. The van der Waals surface area contributed by atoms with E-state index in [4.69, 9.17) is 0 Å². The number of benzene rings is 1. The average Bonchev–Trinajstić information content (AvgIpc) is 3.13. The summed E-state index contributed by atoms with van der Waals surface area (Å²) in [6.45, 7) is 3.32. The summed E-state index contributed by atoms with van der Waals surface area (Å²) in [6.07, 6.45) is 6.10. The molecule has 0 radical (unpaired) electrons. The number of piperazine rings is 1. The zero-order valence-corrected chi connectivity index (χ0v) is 15.9. The van der Waals surface area contributed by atoms with Crippen molar-refractivity contribution in [2.24, 2.45) is 5.92 Å². The van der Waals surface area contributed by atoms with E-state index in [9.17, 15) is 9.59 Å². The predicted octanol–water partition coefficient (Wildman–Crippen LogP) is 1.69. The molecule has 1 aromatic rings. The van der Waals surface area contributed by atoms with Gasteiger partial charge in [0.2, 0.25) is 11.8 Å². The minimum absolute atomic E-state index is 0.00233. The van der Waals surface area contributed by atoms with Crippen LogP contribution in [-0.4, -0.2) is 66.4 Å². The Morgan fingerprint density at radius 2 is 1.78 bits per heavy atom. The van der Waals surface area contributed by atoms with Gasteiger partial charge in [0.05, 0.1) is 12.6 Å². The van der Waals surface area contributed by atoms with E-state index >= 15 is 0 Å². The molecule has 2 heterocycles. The van der Waals surface area contributed by atoms with Gasteiger partial charge in [-0.15, -0.1) is 0 Å². The second kappa shape index (κ2) is 8.40. The molecule has 0 aromatic heterocycles. The first-order chi connectivity index (χ1) is 13.2. The lowest BCUT2D eigenvalue weighted by molar-refractivity contribution is -0.135. The Morgan fingerprint density at radius 1 is 1.04 bits per heavy atom. The number of carbonyl (C=O) groups excluding carboxylic acids is 2. The van der Waals surface area contributed by atoms with Gasteiger partial charge in [-0.1, -0.05) is 31.0 Å². The Labute approximate surface area is 161 Å². The third-order valence-corrected chi connectivity index (χ3v) is 6.27. The van der Waals surface area contributed by atoms with Gasteiger partial charge in [-0.05, 0) is 37.3 Å². The normalized spacial score (nSPS) is 28.6. The van der Waals surface area contributed by atoms with Crippen molar-refractivity contribution in [2.45, 2.75) is 44.2 Å². The quantitative estimate of drug-likeness (QED) is 0.847. The highest BCUT2D eigenvalue weighted by Crippen LogP contribution is 2.33. The molecule has 2 N–H and O–H groups in total. The van der Waals surface area contributed by atoms with Gasteiger partial charge in [-0.3, -0.25) is 14.5 Å². The van der Waals surface area contributed by atoms with Crippen LogP contribution in [0.25, 0.3) is 0 Å². The molecule has 3 fully saturated rings. The van der Waals surface area contributed by atoms with Gasteiger partial charge < -0.3 is 15.5 Å². The molecule has 2 amide bonds. The van der Waals surface area contributed by atoms with Crippen molar-refractivity contribution in [1.82, 2.24) is 15.1 Å². The molecule has 3 aliphatic rings. The van der Waals surface area contributed by atoms with E-state index in [0.717, 1.165) is 25.2 Å². The van der Waals surface area contributed by atoms with Crippen molar-refractivity contribution in [3.05, 3.63) is 30.3 Å². The molecule has 146 valence electrons. The molecule has 2 aliphatic heterocycles. The molecule has 0 bridgehead atoms. The highest BCUT2D eigenvalue weighted by Gasteiger charge is 2.40. The van der Waals surface area contributed by atoms with Crippen molar-refractivity contribution in [2.75, 3.05) is 38.0 Å². The van der Waals surface area contributed by atoms with Crippen LogP contribution in [-0.2, 0) is 9.59 Å². The third-order valence-electron chi connectivity index (χ3n) is 6.27. The van der Waals surface area contributed by atoms with Crippen molar-refractivity contribution in [3.8, 4) is 0 Å². The molecule has 1 aromatic carbocycles. The smallest absolute Gasteiger partial charge is 0.239 e. The van der Waals surface area contributed by atoms with Crippen molar-refractivity contribution in [3.63, 3.8) is 0 Å². The lowest BCUT2D eigenvalue weighted by atomic mass is 9.85. The molecule has 0 spiro atoms. The molecule has 2 saturated heterocycles. The fraction of sp³-hybridized carbons (Fsp3) is 0.619. The summed E-state index contributed by atoms with van der Waals surface area (Å²) >= 11 is 0. The van der Waals surface area contributed by atoms with Gasteiger partial charge in [0.25, 0.3) is 0 Å². The van der Waals surface area contributed by atoms with E-state index in [1.807, 2.05) is 35.2 Å². The first-order valence-electron chi connectivity index (χ1n) is 10.3. The van der Waals surface area contributed by atoms with E-state index < -0.39 is 0 Å². The van der Waals surface area contributed by atoms with Gasteiger partial charge in [-0.2, -0.15) is 0 Å². The van der Waals surface area contributed by atoms with Crippen LogP contribution in [0.3, 0.4) is 0 Å². The number of para-hydroxylation sites is 1. The number of nitrogens with zero attached hydrogens (tertiary/aromatic N) is 2. The molecule has 6 nitrogen and oxygen atoms in total. The minimum Gasteiger partial charge on any atom is -0.339 e. The summed E-state index contributed by atoms with van der Waals surface area (Å²) in [5.41, 5.74) is 0.824. The third kappa shape index (κ3) is 4.50. The van der Waals surface area contributed by atoms with Crippen LogP contribution in [0.5, 0.6) is 0 Å². The summed E-state index contributed by atoms with van der Waals surface area (Å²) in [6, 6.07) is 10.1. The van der Waals surface area contributed by atoms with Gasteiger partial charge in [0.1, 0.15) is 0 Å². The zero-order valence-electron chi connectivity index (χ0n) is 15.9. The van der Waals surface area contributed by atoms with E-state index in [1.165, 1.54) is 25.7 Å². The molecule has 3 unspecified atom stereocenters. The molecule has 27 heavy (non-hydrogen) atoms. The lowest BCUT2D eigenvalue weighted by Crippen LogP contribution is -2.54. The number of carbonyl (C=O) groups is 2. The topological polar surface area (TPSA) is 64.7 Å². The molecular weight excluding hydrogens is 340 g/mol. The van der Waals surface area contributed by atoms with Gasteiger partial charge in [-0.25, -0.2) is 0 Å². The van der Waals surface area contributed by atoms with Crippen molar-refractivity contribution < 1.29 is 9.59 Å². The van der Waals surface area contributed by atoms with Crippen LogP contribution >= 0.6 is 0 Å². The van der Waals surface area contributed by atoms with E-state index in [1.54, 1.807) is 0 Å². The molecular formula is C21H30N4O2. The van der Waals surface area contributed by atoms with Crippen LogP contribution in [0, 0.1) is 5.92 Å². The Bertz CT molecular complexity index is 643. The fourth-order valence-corrected chi connectivity index (χ4v) is 4.78. The largest absolute Gasteiger partial charge is 0.339 e. The maximum Gasteiger partial charge on any atom is 0.239 e. The summed E-state index contributed by atoms with van der Waals surface area (Å²) < 4.78 is 0. The number of nitrogens with one attached hydrogen (secondary N) is 2. The SMILES string of the molecule is O=C(CN1CCN(C(=O)C2CC3CCCCC3N2)CC1)Nc1ccccc1. The van der Waals surface area contributed by atoms with Gasteiger partial charge >= 0.3 is 0 Å². The summed E-state index contributed by atoms with van der Waals surface area (Å²) in [5, 5.41) is 6.52. The van der Waals surface area contributed by atoms with E-state index in [2.05, 4.69) is 15.5 Å². The van der Waals surface area contributed by atoms with Crippen LogP contribution in [0.15, 0.2) is 30.3 Å². The van der Waals surface area contributed by atoms with Gasteiger partial charge in [0.15, 0.2) is 0 Å². The number of fused-ring (bicyclic) bond motifs is 1. The number of amides is 2. The molecule has 1 saturated carbocycles. The summed E-state index contributed by atoms with van der Waals surface area (Å²) in [4.78, 5) is 29.2. The van der Waals surface area contributed by atoms with Crippen molar-refractivity contribution >= 4 is 17.5 Å². The second-order valence-electron chi connectivity index (χ2n) is 8.12. The Kier molecular flexibility index (Phi) is 5.74. The number of rotatable bonds is 4. The van der Waals surface area contributed by atoms with Crippen LogP contribution in [0.2, 0.25) is 0 Å². The summed E-state index contributed by atoms with van der Waals surface area (Å²) in [7, 11) is 0. The number of hydrogen-bond donors (Lipinski definition) is 2. The molecule has 3 atom stereocenters. The van der Waals surface area contributed by atoms with E-state index in [-0.39, 0.29) is 17.9 Å². The first-order valence-corrected chi connectivity index (χ1v) is 10.3. The highest BCUT2D eigenvalue weighted by atomic mass is 16.2. The maximum absolute atomic E-state index is 12.9. The lowest BCUT2D eigenvalue weighted by Gasteiger charge is -2.35. The fourth-order valence-electron chi connectivity index (χ4n) is 4.78. The molecule has 4 rings (SSSR count). The van der Waals surface area contributed by atoms with Crippen molar-refractivity contribution in [1.29, 1.82) is 0 Å².